The van der Waals surface area contributed by atoms with Crippen LogP contribution in [-0.2, 0) is 0 Å². The molecule has 1 aromatic rings. The quantitative estimate of drug-likeness (QED) is 0.757. The van der Waals surface area contributed by atoms with Crippen LogP contribution in [0.1, 0.15) is 25.7 Å². The highest BCUT2D eigenvalue weighted by molar-refractivity contribution is 7.99. The molecular formula is C15H20ClNOS. The number of hydrogen-bond acceptors (Lipinski definition) is 3. The van der Waals surface area contributed by atoms with E-state index in [1.807, 2.05) is 18.2 Å². The van der Waals surface area contributed by atoms with E-state index in [2.05, 4.69) is 11.4 Å². The molecular weight excluding hydrogens is 278 g/mol. The molecule has 1 unspecified atom stereocenters. The van der Waals surface area contributed by atoms with Crippen LogP contribution in [-0.4, -0.2) is 29.0 Å². The Morgan fingerprint density at radius 3 is 2.58 bits per heavy atom. The minimum Gasteiger partial charge on any atom is -0.394 e. The van der Waals surface area contributed by atoms with Crippen LogP contribution in [0.25, 0.3) is 0 Å². The van der Waals surface area contributed by atoms with Crippen LogP contribution < -0.4 is 5.32 Å². The zero-order chi connectivity index (χ0) is 13.3. The van der Waals surface area contributed by atoms with Crippen LogP contribution in [0.4, 0.5) is 0 Å². The highest BCUT2D eigenvalue weighted by Crippen LogP contribution is 2.44. The Morgan fingerprint density at radius 1 is 1.26 bits per heavy atom. The minimum absolute atomic E-state index is 0.106. The maximum Gasteiger partial charge on any atom is 0.0624 e. The zero-order valence-electron chi connectivity index (χ0n) is 10.9. The van der Waals surface area contributed by atoms with E-state index in [9.17, 15) is 5.11 Å². The van der Waals surface area contributed by atoms with Gasteiger partial charge in [-0.05, 0) is 43.7 Å². The SMILES string of the molecule is OCC(CSc1ccccc1Cl)(NC1CC1)C1CC1. The van der Waals surface area contributed by atoms with Crippen molar-refractivity contribution < 1.29 is 5.11 Å². The molecule has 0 heterocycles. The lowest BCUT2D eigenvalue weighted by Crippen LogP contribution is -2.53. The third-order valence-corrected chi connectivity index (χ3v) is 5.80. The highest BCUT2D eigenvalue weighted by Gasteiger charge is 2.47. The molecule has 0 bridgehead atoms. The van der Waals surface area contributed by atoms with Gasteiger partial charge in [0.15, 0.2) is 0 Å². The number of aliphatic hydroxyl groups excluding tert-OH is 1. The monoisotopic (exact) mass is 297 g/mol. The van der Waals surface area contributed by atoms with Crippen LogP contribution in [0, 0.1) is 5.92 Å². The van der Waals surface area contributed by atoms with E-state index in [0.717, 1.165) is 15.7 Å². The summed E-state index contributed by atoms with van der Waals surface area (Å²) in [4.78, 5) is 1.11. The van der Waals surface area contributed by atoms with E-state index in [-0.39, 0.29) is 12.1 Å². The van der Waals surface area contributed by atoms with Gasteiger partial charge in [-0.25, -0.2) is 0 Å². The second-order valence-corrected chi connectivity index (χ2v) is 7.15. The first-order valence-electron chi connectivity index (χ1n) is 6.99. The predicted octanol–water partition coefficient (Wildman–Crippen LogP) is 3.33. The Kier molecular flexibility index (Phi) is 4.08. The van der Waals surface area contributed by atoms with Gasteiger partial charge in [0.05, 0.1) is 17.2 Å². The predicted molar refractivity (Wildman–Crippen MR) is 80.9 cm³/mol. The Balaban J connectivity index is 1.68. The van der Waals surface area contributed by atoms with Gasteiger partial charge in [-0.3, -0.25) is 0 Å². The topological polar surface area (TPSA) is 32.3 Å². The van der Waals surface area contributed by atoms with E-state index in [0.29, 0.717) is 12.0 Å². The largest absolute Gasteiger partial charge is 0.394 e. The van der Waals surface area contributed by atoms with Crippen molar-refractivity contribution >= 4 is 23.4 Å². The molecule has 0 saturated heterocycles. The van der Waals surface area contributed by atoms with Crippen molar-refractivity contribution in [2.45, 2.75) is 42.2 Å². The van der Waals surface area contributed by atoms with Crippen molar-refractivity contribution in [1.29, 1.82) is 0 Å². The van der Waals surface area contributed by atoms with Crippen molar-refractivity contribution in [2.75, 3.05) is 12.4 Å². The van der Waals surface area contributed by atoms with E-state index in [1.54, 1.807) is 11.8 Å². The molecule has 19 heavy (non-hydrogen) atoms. The molecule has 2 N–H and O–H groups in total. The fraction of sp³-hybridized carbons (Fsp3) is 0.600. The van der Waals surface area contributed by atoms with Gasteiger partial charge in [0, 0.05) is 16.7 Å². The summed E-state index contributed by atoms with van der Waals surface area (Å²) in [6.07, 6.45) is 4.99. The van der Waals surface area contributed by atoms with Gasteiger partial charge in [-0.15, -0.1) is 11.8 Å². The van der Waals surface area contributed by atoms with Crippen LogP contribution in [0.3, 0.4) is 0 Å². The molecule has 0 radical (unpaired) electrons. The highest BCUT2D eigenvalue weighted by atomic mass is 35.5. The van der Waals surface area contributed by atoms with Crippen molar-refractivity contribution in [3.05, 3.63) is 29.3 Å². The van der Waals surface area contributed by atoms with Crippen molar-refractivity contribution in [3.8, 4) is 0 Å². The smallest absolute Gasteiger partial charge is 0.0624 e. The van der Waals surface area contributed by atoms with Gasteiger partial charge in [-0.1, -0.05) is 23.7 Å². The molecule has 104 valence electrons. The summed E-state index contributed by atoms with van der Waals surface area (Å²) in [7, 11) is 0. The van der Waals surface area contributed by atoms with E-state index in [1.165, 1.54) is 25.7 Å². The first kappa shape index (κ1) is 13.7. The van der Waals surface area contributed by atoms with Gasteiger partial charge in [0.25, 0.3) is 0 Å². The summed E-state index contributed by atoms with van der Waals surface area (Å²) in [5, 5.41) is 14.4. The van der Waals surface area contributed by atoms with Gasteiger partial charge in [0.2, 0.25) is 0 Å². The van der Waals surface area contributed by atoms with Gasteiger partial charge in [0.1, 0.15) is 0 Å². The fourth-order valence-corrected chi connectivity index (χ4v) is 4.04. The second kappa shape index (κ2) is 5.65. The molecule has 2 aliphatic rings. The Labute approximate surface area is 123 Å². The molecule has 0 spiro atoms. The lowest BCUT2D eigenvalue weighted by Gasteiger charge is -2.33. The maximum absolute atomic E-state index is 9.90. The van der Waals surface area contributed by atoms with Gasteiger partial charge in [-0.2, -0.15) is 0 Å². The summed E-state index contributed by atoms with van der Waals surface area (Å²) in [5.41, 5.74) is -0.106. The summed E-state index contributed by atoms with van der Waals surface area (Å²) >= 11 is 7.97. The fourth-order valence-electron chi connectivity index (χ4n) is 2.54. The standard InChI is InChI=1S/C15H20ClNOS/c16-13-3-1-2-4-14(13)19-10-15(9-18,11-5-6-11)17-12-7-8-12/h1-4,11-12,17-18H,5-10H2. The van der Waals surface area contributed by atoms with E-state index < -0.39 is 0 Å². The summed E-state index contributed by atoms with van der Waals surface area (Å²) in [5.74, 6) is 1.53. The molecule has 1 aromatic carbocycles. The Morgan fingerprint density at radius 2 is 2.00 bits per heavy atom. The molecule has 1 atom stereocenters. The number of halogens is 1. The van der Waals surface area contributed by atoms with E-state index in [4.69, 9.17) is 11.6 Å². The number of nitrogens with one attached hydrogen (secondary N) is 1. The van der Waals surface area contributed by atoms with Crippen LogP contribution in [0.5, 0.6) is 0 Å². The van der Waals surface area contributed by atoms with E-state index >= 15 is 0 Å². The molecule has 2 nitrogen and oxygen atoms in total. The third kappa shape index (κ3) is 3.27. The summed E-state index contributed by atoms with van der Waals surface area (Å²) in [6.45, 7) is 0.228. The number of aliphatic hydroxyl groups is 1. The lowest BCUT2D eigenvalue weighted by molar-refractivity contribution is 0.157. The summed E-state index contributed by atoms with van der Waals surface area (Å²) in [6, 6.07) is 8.57. The lowest BCUT2D eigenvalue weighted by atomic mass is 9.96. The second-order valence-electron chi connectivity index (χ2n) is 5.73. The van der Waals surface area contributed by atoms with Gasteiger partial charge < -0.3 is 10.4 Å². The normalized spacial score (nSPS) is 22.2. The first-order chi connectivity index (χ1) is 9.23. The maximum atomic E-state index is 9.90. The van der Waals surface area contributed by atoms with Crippen LogP contribution in [0.15, 0.2) is 29.2 Å². The molecule has 0 aliphatic heterocycles. The minimum atomic E-state index is -0.106. The average Bonchev–Trinajstić information content (AvgIpc) is 3.28. The molecule has 4 heteroatoms. The summed E-state index contributed by atoms with van der Waals surface area (Å²) < 4.78 is 0. The number of hydrogen-bond donors (Lipinski definition) is 2. The molecule has 2 fully saturated rings. The van der Waals surface area contributed by atoms with Crippen molar-refractivity contribution in [3.63, 3.8) is 0 Å². The molecule has 2 saturated carbocycles. The van der Waals surface area contributed by atoms with Crippen LogP contribution in [0.2, 0.25) is 5.02 Å². The molecule has 3 rings (SSSR count). The van der Waals surface area contributed by atoms with Crippen LogP contribution >= 0.6 is 23.4 Å². The number of rotatable bonds is 7. The Bertz CT molecular complexity index is 448. The molecule has 0 aromatic heterocycles. The number of benzene rings is 1. The van der Waals surface area contributed by atoms with Gasteiger partial charge >= 0.3 is 0 Å². The van der Waals surface area contributed by atoms with Crippen molar-refractivity contribution in [2.24, 2.45) is 5.92 Å². The zero-order valence-corrected chi connectivity index (χ0v) is 12.5. The first-order valence-corrected chi connectivity index (χ1v) is 8.36. The molecule has 0 amide bonds. The average molecular weight is 298 g/mol. The van der Waals surface area contributed by atoms with Crippen molar-refractivity contribution in [1.82, 2.24) is 5.32 Å². The number of thioether (sulfide) groups is 1. The Hall–Kier alpha value is -0.220. The molecule has 2 aliphatic carbocycles. The third-order valence-electron chi connectivity index (χ3n) is 4.03.